The summed E-state index contributed by atoms with van der Waals surface area (Å²) in [5, 5.41) is 15.5. The summed E-state index contributed by atoms with van der Waals surface area (Å²) in [5.74, 6) is -0.138. The number of benzene rings is 2. The van der Waals surface area contributed by atoms with Crippen LogP contribution in [-0.4, -0.2) is 33.6 Å². The number of esters is 1. The summed E-state index contributed by atoms with van der Waals surface area (Å²) >= 11 is 0. The van der Waals surface area contributed by atoms with Gasteiger partial charge in [0, 0.05) is 6.07 Å². The molecule has 0 fully saturated rings. The predicted molar refractivity (Wildman–Crippen MR) is 109 cm³/mol. The van der Waals surface area contributed by atoms with Gasteiger partial charge >= 0.3 is 11.9 Å². The number of rotatable bonds is 7. The van der Waals surface area contributed by atoms with E-state index in [1.54, 1.807) is 62.4 Å². The first-order valence-corrected chi connectivity index (χ1v) is 8.96. The molecular formula is C21H20N4O4. The van der Waals surface area contributed by atoms with Crippen LogP contribution in [0.25, 0.3) is 0 Å². The Morgan fingerprint density at radius 2 is 1.45 bits per heavy atom. The summed E-state index contributed by atoms with van der Waals surface area (Å²) in [6, 6.07) is 15.1. The topological polar surface area (TPSA) is 113 Å². The minimum Gasteiger partial charge on any atom is -0.478 e. The molecule has 8 heteroatoms. The quantitative estimate of drug-likeness (QED) is 0.514. The molecule has 0 spiro atoms. The van der Waals surface area contributed by atoms with Gasteiger partial charge in [-0.1, -0.05) is 24.3 Å². The van der Waals surface area contributed by atoms with E-state index in [2.05, 4.69) is 20.6 Å². The fourth-order valence-corrected chi connectivity index (χ4v) is 2.73. The molecule has 0 aliphatic rings. The van der Waals surface area contributed by atoms with Crippen LogP contribution in [0.15, 0.2) is 54.6 Å². The van der Waals surface area contributed by atoms with Crippen LogP contribution in [0.2, 0.25) is 0 Å². The van der Waals surface area contributed by atoms with E-state index in [1.807, 2.05) is 0 Å². The van der Waals surface area contributed by atoms with Crippen LogP contribution in [0.3, 0.4) is 0 Å². The molecule has 8 nitrogen and oxygen atoms in total. The Kier molecular flexibility index (Phi) is 6.03. The Balaban J connectivity index is 1.90. The van der Waals surface area contributed by atoms with E-state index < -0.39 is 11.9 Å². The van der Waals surface area contributed by atoms with Crippen molar-refractivity contribution in [3.8, 4) is 0 Å². The summed E-state index contributed by atoms with van der Waals surface area (Å²) < 4.78 is 5.09. The second kappa shape index (κ2) is 8.83. The summed E-state index contributed by atoms with van der Waals surface area (Å²) in [7, 11) is 0. The van der Waals surface area contributed by atoms with E-state index in [0.717, 1.165) is 0 Å². The zero-order chi connectivity index (χ0) is 20.8. The summed E-state index contributed by atoms with van der Waals surface area (Å²) in [6.45, 7) is 3.74. The van der Waals surface area contributed by atoms with Crippen molar-refractivity contribution in [3.05, 3.63) is 71.5 Å². The smallest absolute Gasteiger partial charge is 0.340 e. The Morgan fingerprint density at radius 1 is 0.931 bits per heavy atom. The Bertz CT molecular complexity index is 1050. The lowest BCUT2D eigenvalue weighted by molar-refractivity contribution is 0.0527. The Labute approximate surface area is 167 Å². The van der Waals surface area contributed by atoms with Gasteiger partial charge < -0.3 is 20.5 Å². The molecule has 0 amide bonds. The molecule has 0 radical (unpaired) electrons. The van der Waals surface area contributed by atoms with Crippen molar-refractivity contribution in [2.45, 2.75) is 13.8 Å². The molecule has 0 saturated carbocycles. The third kappa shape index (κ3) is 4.86. The molecule has 1 heterocycles. The first-order chi connectivity index (χ1) is 14.0. The number of carboxylic acid groups (broad SMARTS) is 1. The largest absolute Gasteiger partial charge is 0.478 e. The van der Waals surface area contributed by atoms with Gasteiger partial charge in [0.2, 0.25) is 0 Å². The number of carboxylic acids is 1. The standard InChI is InChI=1S/C21H20N4O4/c1-3-29-21(28)15-9-5-7-11-17(15)25-19-12-18(22-13(2)23-19)24-16-10-6-4-8-14(16)20(26)27/h4-12H,3H2,1-2H3,(H,26,27)(H2,22,23,24,25). The Hall–Kier alpha value is -3.94. The minimum atomic E-state index is -1.04. The number of aromatic carboxylic acids is 1. The predicted octanol–water partition coefficient (Wildman–Crippen LogP) is 4.15. The van der Waals surface area contributed by atoms with Crippen LogP contribution in [0.5, 0.6) is 0 Å². The monoisotopic (exact) mass is 392 g/mol. The zero-order valence-electron chi connectivity index (χ0n) is 16.0. The Morgan fingerprint density at radius 3 is 2.00 bits per heavy atom. The number of carbonyl (C=O) groups is 2. The van der Waals surface area contributed by atoms with Gasteiger partial charge in [0.1, 0.15) is 17.5 Å². The van der Waals surface area contributed by atoms with Gasteiger partial charge in [-0.25, -0.2) is 19.6 Å². The van der Waals surface area contributed by atoms with Gasteiger partial charge in [-0.15, -0.1) is 0 Å². The van der Waals surface area contributed by atoms with Crippen molar-refractivity contribution in [2.75, 3.05) is 17.2 Å². The molecular weight excluding hydrogens is 372 g/mol. The number of hydrogen-bond acceptors (Lipinski definition) is 7. The number of nitrogens with one attached hydrogen (secondary N) is 2. The molecule has 148 valence electrons. The number of aryl methyl sites for hydroxylation is 1. The van der Waals surface area contributed by atoms with Crippen LogP contribution in [0.4, 0.5) is 23.0 Å². The fraction of sp³-hybridized carbons (Fsp3) is 0.143. The van der Waals surface area contributed by atoms with E-state index in [-0.39, 0.29) is 12.2 Å². The summed E-state index contributed by atoms with van der Waals surface area (Å²) in [6.07, 6.45) is 0. The van der Waals surface area contributed by atoms with E-state index in [4.69, 9.17) is 4.74 Å². The van der Waals surface area contributed by atoms with Crippen molar-refractivity contribution < 1.29 is 19.4 Å². The van der Waals surface area contributed by atoms with Crippen molar-refractivity contribution in [1.82, 2.24) is 9.97 Å². The number of ether oxygens (including phenoxy) is 1. The molecule has 0 aliphatic carbocycles. The van der Waals surface area contributed by atoms with E-state index >= 15 is 0 Å². The lowest BCUT2D eigenvalue weighted by Gasteiger charge is -2.13. The number of para-hydroxylation sites is 2. The highest BCUT2D eigenvalue weighted by Gasteiger charge is 2.14. The third-order valence-electron chi connectivity index (χ3n) is 3.94. The maximum Gasteiger partial charge on any atom is 0.340 e. The number of anilines is 4. The molecule has 2 aromatic carbocycles. The van der Waals surface area contributed by atoms with Gasteiger partial charge in [-0.2, -0.15) is 0 Å². The minimum absolute atomic E-state index is 0.130. The number of hydrogen-bond donors (Lipinski definition) is 3. The average Bonchev–Trinajstić information content (AvgIpc) is 2.68. The van der Waals surface area contributed by atoms with Crippen molar-refractivity contribution in [1.29, 1.82) is 0 Å². The van der Waals surface area contributed by atoms with Gasteiger partial charge in [0.15, 0.2) is 0 Å². The molecule has 3 rings (SSSR count). The summed E-state index contributed by atoms with van der Waals surface area (Å²) in [4.78, 5) is 32.2. The van der Waals surface area contributed by atoms with Crippen molar-refractivity contribution in [2.24, 2.45) is 0 Å². The number of aromatic nitrogens is 2. The maximum atomic E-state index is 12.2. The normalized spacial score (nSPS) is 10.3. The molecule has 0 bridgehead atoms. The molecule has 0 saturated heterocycles. The maximum absolute atomic E-state index is 12.2. The fourth-order valence-electron chi connectivity index (χ4n) is 2.73. The van der Waals surface area contributed by atoms with Crippen LogP contribution in [-0.2, 0) is 4.74 Å². The van der Waals surface area contributed by atoms with Crippen molar-refractivity contribution >= 4 is 34.9 Å². The highest BCUT2D eigenvalue weighted by molar-refractivity contribution is 5.96. The van der Waals surface area contributed by atoms with Gasteiger partial charge in [-0.05, 0) is 38.1 Å². The van der Waals surface area contributed by atoms with Crippen LogP contribution >= 0.6 is 0 Å². The highest BCUT2D eigenvalue weighted by Crippen LogP contribution is 2.24. The third-order valence-corrected chi connectivity index (χ3v) is 3.94. The number of carbonyl (C=O) groups excluding carboxylic acids is 1. The lowest BCUT2D eigenvalue weighted by Crippen LogP contribution is -2.09. The van der Waals surface area contributed by atoms with Crippen LogP contribution in [0, 0.1) is 6.92 Å². The van der Waals surface area contributed by atoms with Crippen LogP contribution in [0.1, 0.15) is 33.5 Å². The van der Waals surface area contributed by atoms with Gasteiger partial charge in [0.05, 0.1) is 29.1 Å². The lowest BCUT2D eigenvalue weighted by atomic mass is 10.1. The SMILES string of the molecule is CCOC(=O)c1ccccc1Nc1cc(Nc2ccccc2C(=O)O)nc(C)n1. The van der Waals surface area contributed by atoms with E-state index in [9.17, 15) is 14.7 Å². The number of nitrogens with zero attached hydrogens (tertiary/aromatic N) is 2. The molecule has 0 atom stereocenters. The first-order valence-electron chi connectivity index (χ1n) is 8.96. The zero-order valence-corrected chi connectivity index (χ0v) is 16.0. The van der Waals surface area contributed by atoms with Crippen LogP contribution < -0.4 is 10.6 Å². The van der Waals surface area contributed by atoms with Gasteiger partial charge in [0.25, 0.3) is 0 Å². The molecule has 0 unspecified atom stereocenters. The summed E-state index contributed by atoms with van der Waals surface area (Å²) in [5.41, 5.74) is 1.47. The second-order valence-electron chi connectivity index (χ2n) is 6.05. The van der Waals surface area contributed by atoms with Crippen molar-refractivity contribution in [3.63, 3.8) is 0 Å². The van der Waals surface area contributed by atoms with Gasteiger partial charge in [-0.3, -0.25) is 0 Å². The molecule has 1 aromatic heterocycles. The second-order valence-corrected chi connectivity index (χ2v) is 6.05. The molecule has 3 aromatic rings. The highest BCUT2D eigenvalue weighted by atomic mass is 16.5. The first kappa shape index (κ1) is 19.8. The van der Waals surface area contributed by atoms with E-state index in [0.29, 0.717) is 34.4 Å². The molecule has 3 N–H and O–H groups in total. The van der Waals surface area contributed by atoms with E-state index in [1.165, 1.54) is 6.07 Å². The molecule has 29 heavy (non-hydrogen) atoms. The molecule has 0 aliphatic heterocycles. The average molecular weight is 392 g/mol.